The van der Waals surface area contributed by atoms with Gasteiger partial charge in [-0.2, -0.15) is 0 Å². The zero-order chi connectivity index (χ0) is 30.3. The van der Waals surface area contributed by atoms with Crippen LogP contribution in [-0.2, 0) is 11.3 Å². The van der Waals surface area contributed by atoms with Crippen LogP contribution in [0.15, 0.2) is 72.9 Å². The summed E-state index contributed by atoms with van der Waals surface area (Å²) in [4.78, 5) is 35.7. The van der Waals surface area contributed by atoms with Crippen LogP contribution >= 0.6 is 11.6 Å². The molecule has 1 atom stereocenters. The third-order valence-corrected chi connectivity index (χ3v) is 7.84. The maximum atomic E-state index is 14.1. The molecule has 1 unspecified atom stereocenters. The number of rotatable bonds is 6. The van der Waals surface area contributed by atoms with Gasteiger partial charge in [0.2, 0.25) is 0 Å². The molecule has 2 amide bonds. The van der Waals surface area contributed by atoms with Gasteiger partial charge in [-0.1, -0.05) is 48.5 Å². The third-order valence-electron chi connectivity index (χ3n) is 7.47. The maximum absolute atomic E-state index is 14.1. The van der Waals surface area contributed by atoms with Crippen LogP contribution in [0.4, 0.5) is 16.2 Å². The molecule has 0 aliphatic carbocycles. The van der Waals surface area contributed by atoms with Gasteiger partial charge in [0.25, 0.3) is 5.91 Å². The van der Waals surface area contributed by atoms with Gasteiger partial charge >= 0.3 is 6.09 Å². The molecule has 0 saturated heterocycles. The molecule has 3 heterocycles. The van der Waals surface area contributed by atoms with E-state index in [2.05, 4.69) is 34.3 Å². The van der Waals surface area contributed by atoms with Gasteiger partial charge < -0.3 is 19.4 Å². The number of benzene rings is 3. The molecule has 1 aliphatic heterocycles. The van der Waals surface area contributed by atoms with E-state index in [1.165, 1.54) is 6.20 Å². The van der Waals surface area contributed by atoms with Gasteiger partial charge in [0.05, 0.1) is 17.6 Å². The minimum atomic E-state index is -0.626. The average molecular weight is 597 g/mol. The first kappa shape index (κ1) is 28.6. The summed E-state index contributed by atoms with van der Waals surface area (Å²) < 4.78 is 11.7. The summed E-state index contributed by atoms with van der Waals surface area (Å²) in [5.41, 5.74) is 4.77. The predicted molar refractivity (Wildman–Crippen MR) is 171 cm³/mol. The number of carbonyl (C=O) groups is 2. The molecule has 0 bridgehead atoms. The van der Waals surface area contributed by atoms with Gasteiger partial charge in [0.15, 0.2) is 0 Å². The first-order valence-electron chi connectivity index (χ1n) is 14.2. The van der Waals surface area contributed by atoms with E-state index in [9.17, 15) is 9.59 Å². The molecule has 2 N–H and O–H groups in total. The number of nitrogens with zero attached hydrogens (tertiary/aromatic N) is 2. The zero-order valence-corrected chi connectivity index (χ0v) is 25.3. The van der Waals surface area contributed by atoms with E-state index >= 15 is 0 Å². The molecule has 0 spiro atoms. The van der Waals surface area contributed by atoms with Crippen LogP contribution in [0.3, 0.4) is 0 Å². The van der Waals surface area contributed by atoms with Crippen LogP contribution in [-0.4, -0.2) is 40.0 Å². The number of amides is 2. The van der Waals surface area contributed by atoms with Crippen LogP contribution in [0.2, 0.25) is 0 Å². The van der Waals surface area contributed by atoms with Crippen molar-refractivity contribution < 1.29 is 19.1 Å². The second-order valence-corrected chi connectivity index (χ2v) is 12.1. The molecular formula is C34H33ClN4O4. The van der Waals surface area contributed by atoms with E-state index in [1.807, 2.05) is 42.5 Å². The van der Waals surface area contributed by atoms with Crippen molar-refractivity contribution in [2.75, 3.05) is 22.6 Å². The van der Waals surface area contributed by atoms with Gasteiger partial charge in [-0.3, -0.25) is 10.1 Å². The maximum Gasteiger partial charge on any atom is 0.412 e. The summed E-state index contributed by atoms with van der Waals surface area (Å²) in [7, 11) is 0. The first-order valence-corrected chi connectivity index (χ1v) is 14.7. The normalized spacial score (nSPS) is 14.6. The van der Waals surface area contributed by atoms with E-state index in [0.29, 0.717) is 47.2 Å². The molecule has 6 rings (SSSR count). The smallest absolute Gasteiger partial charge is 0.412 e. The molecular weight excluding hydrogens is 564 g/mol. The Balaban J connectivity index is 1.35. The number of H-pyrrole nitrogens is 1. The highest BCUT2D eigenvalue weighted by molar-refractivity contribution is 6.19. The second kappa shape index (κ2) is 11.3. The lowest BCUT2D eigenvalue weighted by Crippen LogP contribution is -2.30. The molecule has 0 fully saturated rings. The average Bonchev–Trinajstić information content (AvgIpc) is 3.56. The van der Waals surface area contributed by atoms with Crippen LogP contribution in [0.5, 0.6) is 5.75 Å². The minimum Gasteiger partial charge on any atom is -0.488 e. The number of fused-ring (bicyclic) bond motifs is 4. The molecule has 0 saturated carbocycles. The van der Waals surface area contributed by atoms with Crippen molar-refractivity contribution in [2.45, 2.75) is 45.8 Å². The van der Waals surface area contributed by atoms with Crippen LogP contribution in [0, 0.1) is 6.92 Å². The van der Waals surface area contributed by atoms with Crippen molar-refractivity contribution in [3.05, 3.63) is 95.3 Å². The van der Waals surface area contributed by atoms with Crippen molar-refractivity contribution in [3.8, 4) is 5.75 Å². The number of carbonyl (C=O) groups excluding carboxylic acids is 2. The van der Waals surface area contributed by atoms with E-state index in [1.54, 1.807) is 37.8 Å². The summed E-state index contributed by atoms with van der Waals surface area (Å²) in [5.74, 6) is 0.846. The topological polar surface area (TPSA) is 96.6 Å². The number of ether oxygens (including phenoxy) is 2. The summed E-state index contributed by atoms with van der Waals surface area (Å²) in [6, 6.07) is 21.6. The van der Waals surface area contributed by atoms with Gasteiger partial charge in [-0.15, -0.1) is 11.6 Å². The minimum absolute atomic E-state index is 0.0421. The van der Waals surface area contributed by atoms with Crippen molar-refractivity contribution in [3.63, 3.8) is 0 Å². The van der Waals surface area contributed by atoms with Crippen LogP contribution < -0.4 is 15.0 Å². The van der Waals surface area contributed by atoms with E-state index in [0.717, 1.165) is 33.2 Å². The predicted octanol–water partition coefficient (Wildman–Crippen LogP) is 7.93. The Morgan fingerprint density at radius 1 is 1.09 bits per heavy atom. The number of anilines is 2. The first-order chi connectivity index (χ1) is 20.6. The fraction of sp³-hybridized carbons (Fsp3) is 0.265. The molecule has 3 aromatic carbocycles. The van der Waals surface area contributed by atoms with Crippen LogP contribution in [0.1, 0.15) is 53.9 Å². The summed E-state index contributed by atoms with van der Waals surface area (Å²) >= 11 is 6.52. The Morgan fingerprint density at radius 2 is 1.88 bits per heavy atom. The largest absolute Gasteiger partial charge is 0.488 e. The summed E-state index contributed by atoms with van der Waals surface area (Å²) in [6.45, 7) is 8.32. The fourth-order valence-corrected chi connectivity index (χ4v) is 5.88. The Morgan fingerprint density at radius 3 is 2.63 bits per heavy atom. The molecule has 9 heteroatoms. The van der Waals surface area contributed by atoms with E-state index < -0.39 is 11.7 Å². The number of pyridine rings is 1. The SMILES string of the molecule is Cc1cccc2c(OCc3ccccc3)cc3c(c12)C(CCl)CN3C(=O)c1cc2cc(NC(=O)OC(C)(C)C)cnc2[nH]1. The van der Waals surface area contributed by atoms with Crippen molar-refractivity contribution in [1.82, 2.24) is 9.97 Å². The van der Waals surface area contributed by atoms with Gasteiger partial charge in [-0.25, -0.2) is 9.78 Å². The Kier molecular flexibility index (Phi) is 7.48. The molecule has 0 radical (unpaired) electrons. The number of alkyl halides is 1. The zero-order valence-electron chi connectivity index (χ0n) is 24.5. The Bertz CT molecular complexity index is 1840. The second-order valence-electron chi connectivity index (χ2n) is 11.8. The number of halogens is 1. The molecule has 2 aromatic heterocycles. The lowest BCUT2D eigenvalue weighted by Gasteiger charge is -2.20. The Hall–Kier alpha value is -4.56. The highest BCUT2D eigenvalue weighted by atomic mass is 35.5. The number of nitrogens with one attached hydrogen (secondary N) is 2. The van der Waals surface area contributed by atoms with E-state index in [4.69, 9.17) is 21.1 Å². The number of aromatic nitrogens is 2. The lowest BCUT2D eigenvalue weighted by molar-refractivity contribution is 0.0635. The number of aryl methyl sites for hydroxylation is 1. The summed E-state index contributed by atoms with van der Waals surface area (Å²) in [5, 5.41) is 5.46. The molecule has 5 aromatic rings. The van der Waals surface area contributed by atoms with E-state index in [-0.39, 0.29) is 11.8 Å². The monoisotopic (exact) mass is 596 g/mol. The van der Waals surface area contributed by atoms with Gasteiger partial charge in [0, 0.05) is 35.2 Å². The van der Waals surface area contributed by atoms with Crippen molar-refractivity contribution >= 4 is 56.8 Å². The third kappa shape index (κ3) is 5.75. The van der Waals surface area contributed by atoms with Gasteiger partial charge in [-0.05, 0) is 61.9 Å². The van der Waals surface area contributed by atoms with Crippen LogP contribution in [0.25, 0.3) is 21.8 Å². The van der Waals surface area contributed by atoms with Crippen molar-refractivity contribution in [1.29, 1.82) is 0 Å². The molecule has 43 heavy (non-hydrogen) atoms. The van der Waals surface area contributed by atoms with Crippen molar-refractivity contribution in [2.24, 2.45) is 0 Å². The summed E-state index contributed by atoms with van der Waals surface area (Å²) in [6.07, 6.45) is 0.950. The molecule has 220 valence electrons. The molecule has 1 aliphatic rings. The lowest BCUT2D eigenvalue weighted by atomic mass is 9.92. The number of hydrogen-bond donors (Lipinski definition) is 2. The number of aromatic amines is 1. The highest BCUT2D eigenvalue weighted by Gasteiger charge is 2.36. The number of hydrogen-bond acceptors (Lipinski definition) is 5. The Labute approximate surface area is 255 Å². The standard InChI is InChI=1S/C34H33ClN4O4/c1-20-9-8-12-25-28(42-19-21-10-6-5-7-11-21)15-27-30(29(20)25)23(16-35)18-39(27)32(40)26-14-22-13-24(17-36-31(22)38-26)37-33(41)43-34(2,3)4/h5-15,17,23H,16,18-19H2,1-4H3,(H,36,38)(H,37,41). The fourth-order valence-electron chi connectivity index (χ4n) is 5.62. The highest BCUT2D eigenvalue weighted by Crippen LogP contribution is 2.47. The quantitative estimate of drug-likeness (QED) is 0.194. The molecule has 8 nitrogen and oxygen atoms in total. The van der Waals surface area contributed by atoms with Gasteiger partial charge in [0.1, 0.15) is 29.3 Å².